The minimum atomic E-state index is -0.0996. The highest BCUT2D eigenvalue weighted by atomic mass is 32.1. The van der Waals surface area contributed by atoms with Crippen molar-refractivity contribution in [2.75, 3.05) is 44.6 Å². The van der Waals surface area contributed by atoms with E-state index in [-0.39, 0.29) is 11.8 Å². The number of ether oxygens (including phenoxy) is 3. The van der Waals surface area contributed by atoms with Gasteiger partial charge in [0, 0.05) is 19.2 Å². The first-order valence-corrected chi connectivity index (χ1v) is 9.65. The maximum absolute atomic E-state index is 12.6. The van der Waals surface area contributed by atoms with Crippen LogP contribution in [-0.2, 0) is 4.79 Å². The van der Waals surface area contributed by atoms with Crippen molar-refractivity contribution in [3.63, 3.8) is 0 Å². The van der Waals surface area contributed by atoms with Crippen molar-refractivity contribution in [2.45, 2.75) is 0 Å². The minimum Gasteiger partial charge on any atom is -0.497 e. The quantitative estimate of drug-likeness (QED) is 0.685. The summed E-state index contributed by atoms with van der Waals surface area (Å²) in [5, 5.41) is 3.87. The summed E-state index contributed by atoms with van der Waals surface area (Å²) in [5.74, 6) is 1.94. The van der Waals surface area contributed by atoms with Gasteiger partial charge in [0.2, 0.25) is 5.91 Å². The molecular formula is C20H21N3O4S. The van der Waals surface area contributed by atoms with Gasteiger partial charge in [0.15, 0.2) is 5.13 Å². The van der Waals surface area contributed by atoms with E-state index < -0.39 is 0 Å². The molecule has 0 spiro atoms. The van der Waals surface area contributed by atoms with E-state index in [0.717, 1.165) is 21.1 Å². The summed E-state index contributed by atoms with van der Waals surface area (Å²) in [6.07, 6.45) is 0. The lowest BCUT2D eigenvalue weighted by molar-refractivity contribution is -0.120. The second-order valence-electron chi connectivity index (χ2n) is 6.49. The molecule has 0 atom stereocenters. The van der Waals surface area contributed by atoms with Crippen LogP contribution in [0.5, 0.6) is 17.2 Å². The average Bonchev–Trinajstić information content (AvgIpc) is 3.09. The van der Waals surface area contributed by atoms with E-state index >= 15 is 0 Å². The van der Waals surface area contributed by atoms with Crippen LogP contribution < -0.4 is 24.4 Å². The molecular weight excluding hydrogens is 378 g/mol. The SMILES string of the molecule is COc1ccc(OC)c(NC(=O)C2CN(c3nc4ccc(OC)cc4s3)C2)c1. The molecule has 2 aromatic carbocycles. The predicted octanol–water partition coefficient (Wildman–Crippen LogP) is 3.40. The van der Waals surface area contributed by atoms with Gasteiger partial charge in [0.1, 0.15) is 17.2 Å². The van der Waals surface area contributed by atoms with E-state index in [1.54, 1.807) is 50.9 Å². The molecule has 1 fully saturated rings. The summed E-state index contributed by atoms with van der Waals surface area (Å²) in [5.41, 5.74) is 1.55. The van der Waals surface area contributed by atoms with Gasteiger partial charge in [0.05, 0.1) is 43.2 Å². The molecule has 1 aliphatic heterocycles. The van der Waals surface area contributed by atoms with Gasteiger partial charge in [-0.25, -0.2) is 4.98 Å². The zero-order valence-electron chi connectivity index (χ0n) is 15.9. The number of aromatic nitrogens is 1. The van der Waals surface area contributed by atoms with Crippen molar-refractivity contribution in [2.24, 2.45) is 5.92 Å². The molecule has 0 aliphatic carbocycles. The highest BCUT2D eigenvalue weighted by Gasteiger charge is 2.34. The molecule has 8 heteroatoms. The first-order chi connectivity index (χ1) is 13.6. The summed E-state index contributed by atoms with van der Waals surface area (Å²) in [4.78, 5) is 19.4. The number of methoxy groups -OCH3 is 3. The maximum Gasteiger partial charge on any atom is 0.231 e. The molecule has 1 amide bonds. The molecule has 4 rings (SSSR count). The number of hydrogen-bond donors (Lipinski definition) is 1. The Morgan fingerprint density at radius 3 is 2.50 bits per heavy atom. The van der Waals surface area contributed by atoms with Gasteiger partial charge in [0.25, 0.3) is 0 Å². The molecule has 146 valence electrons. The zero-order chi connectivity index (χ0) is 19.7. The van der Waals surface area contributed by atoms with E-state index in [2.05, 4.69) is 15.2 Å². The van der Waals surface area contributed by atoms with Crippen LogP contribution in [0.2, 0.25) is 0 Å². The standard InChI is InChI=1S/C20H21N3O4S/c1-25-13-5-7-17(27-3)16(8-13)21-19(24)12-10-23(11-12)20-22-15-6-4-14(26-2)9-18(15)28-20/h4-9,12H,10-11H2,1-3H3,(H,21,24). The van der Waals surface area contributed by atoms with Gasteiger partial charge < -0.3 is 24.4 Å². The fourth-order valence-corrected chi connectivity index (χ4v) is 4.11. The second kappa shape index (κ2) is 7.55. The smallest absolute Gasteiger partial charge is 0.231 e. The number of thiazole rings is 1. The topological polar surface area (TPSA) is 72.9 Å². The molecule has 2 heterocycles. The van der Waals surface area contributed by atoms with Gasteiger partial charge in [-0.2, -0.15) is 0 Å². The monoisotopic (exact) mass is 399 g/mol. The fourth-order valence-electron chi connectivity index (χ4n) is 3.10. The van der Waals surface area contributed by atoms with Gasteiger partial charge >= 0.3 is 0 Å². The number of hydrogen-bond acceptors (Lipinski definition) is 7. The normalized spacial score (nSPS) is 13.9. The highest BCUT2D eigenvalue weighted by molar-refractivity contribution is 7.22. The zero-order valence-corrected chi connectivity index (χ0v) is 16.7. The van der Waals surface area contributed by atoms with Gasteiger partial charge in [-0.3, -0.25) is 4.79 Å². The molecule has 1 aromatic heterocycles. The van der Waals surface area contributed by atoms with Crippen molar-refractivity contribution < 1.29 is 19.0 Å². The lowest BCUT2D eigenvalue weighted by Crippen LogP contribution is -2.52. The van der Waals surface area contributed by atoms with Crippen molar-refractivity contribution in [3.8, 4) is 17.2 Å². The van der Waals surface area contributed by atoms with Crippen LogP contribution in [0.25, 0.3) is 10.2 Å². The van der Waals surface area contributed by atoms with E-state index in [1.807, 2.05) is 18.2 Å². The Hall–Kier alpha value is -3.00. The Morgan fingerprint density at radius 1 is 1.07 bits per heavy atom. The van der Waals surface area contributed by atoms with Gasteiger partial charge in [-0.1, -0.05) is 11.3 Å². The van der Waals surface area contributed by atoms with Crippen LogP contribution in [0.3, 0.4) is 0 Å². The van der Waals surface area contributed by atoms with Crippen molar-refractivity contribution in [1.29, 1.82) is 0 Å². The van der Waals surface area contributed by atoms with Crippen LogP contribution in [0.1, 0.15) is 0 Å². The van der Waals surface area contributed by atoms with E-state index in [0.29, 0.717) is 30.3 Å². The first kappa shape index (κ1) is 18.4. The summed E-state index contributed by atoms with van der Waals surface area (Å²) >= 11 is 1.61. The van der Waals surface area contributed by atoms with Crippen molar-refractivity contribution in [1.82, 2.24) is 4.98 Å². The van der Waals surface area contributed by atoms with Crippen molar-refractivity contribution >= 4 is 38.3 Å². The Kier molecular flexibility index (Phi) is 4.95. The number of anilines is 2. The van der Waals surface area contributed by atoms with Crippen LogP contribution in [0.15, 0.2) is 36.4 Å². The Bertz CT molecular complexity index is 1010. The van der Waals surface area contributed by atoms with Crippen LogP contribution in [-0.4, -0.2) is 45.3 Å². The first-order valence-electron chi connectivity index (χ1n) is 8.83. The number of fused-ring (bicyclic) bond motifs is 1. The number of benzene rings is 2. The third-order valence-corrected chi connectivity index (χ3v) is 5.85. The molecule has 0 unspecified atom stereocenters. The largest absolute Gasteiger partial charge is 0.497 e. The third kappa shape index (κ3) is 3.43. The number of rotatable bonds is 6. The number of nitrogens with zero attached hydrogens (tertiary/aromatic N) is 2. The molecule has 0 radical (unpaired) electrons. The number of carbonyl (C=O) groups is 1. The number of nitrogens with one attached hydrogen (secondary N) is 1. The Labute approximate surface area is 166 Å². The van der Waals surface area contributed by atoms with Crippen LogP contribution in [0.4, 0.5) is 10.8 Å². The van der Waals surface area contributed by atoms with Crippen molar-refractivity contribution in [3.05, 3.63) is 36.4 Å². The number of carbonyl (C=O) groups excluding carboxylic acids is 1. The summed E-state index contributed by atoms with van der Waals surface area (Å²) < 4.78 is 16.9. The molecule has 0 bridgehead atoms. The molecule has 28 heavy (non-hydrogen) atoms. The lowest BCUT2D eigenvalue weighted by Gasteiger charge is -2.38. The molecule has 7 nitrogen and oxygen atoms in total. The Morgan fingerprint density at radius 2 is 1.79 bits per heavy atom. The van der Waals surface area contributed by atoms with E-state index in [9.17, 15) is 4.79 Å². The maximum atomic E-state index is 12.6. The molecule has 1 saturated heterocycles. The van der Waals surface area contributed by atoms with Gasteiger partial charge in [-0.15, -0.1) is 0 Å². The molecule has 1 aliphatic rings. The predicted molar refractivity (Wildman–Crippen MR) is 110 cm³/mol. The summed E-state index contributed by atoms with van der Waals surface area (Å²) in [6.45, 7) is 1.27. The summed E-state index contributed by atoms with van der Waals surface area (Å²) in [6, 6.07) is 11.2. The lowest BCUT2D eigenvalue weighted by atomic mass is 10.00. The minimum absolute atomic E-state index is 0.0365. The highest BCUT2D eigenvalue weighted by Crippen LogP contribution is 2.35. The van der Waals surface area contributed by atoms with Crippen LogP contribution >= 0.6 is 11.3 Å². The average molecular weight is 399 g/mol. The molecule has 0 saturated carbocycles. The van der Waals surface area contributed by atoms with Crippen LogP contribution in [0, 0.1) is 5.92 Å². The number of amides is 1. The molecule has 3 aromatic rings. The second-order valence-corrected chi connectivity index (χ2v) is 7.50. The fraction of sp³-hybridized carbons (Fsp3) is 0.300. The Balaban J connectivity index is 1.42. The van der Waals surface area contributed by atoms with E-state index in [4.69, 9.17) is 14.2 Å². The third-order valence-electron chi connectivity index (χ3n) is 4.77. The van der Waals surface area contributed by atoms with Gasteiger partial charge in [-0.05, 0) is 30.3 Å². The molecule has 1 N–H and O–H groups in total. The summed E-state index contributed by atoms with van der Waals surface area (Å²) in [7, 11) is 4.81. The van der Waals surface area contributed by atoms with E-state index in [1.165, 1.54) is 0 Å².